The maximum atomic E-state index is 11.9. The van der Waals surface area contributed by atoms with E-state index < -0.39 is 0 Å². The van der Waals surface area contributed by atoms with Crippen LogP contribution in [0.4, 0.5) is 0 Å². The average molecular weight is 233 g/mol. The molecule has 0 atom stereocenters. The molecule has 2 aliphatic carbocycles. The van der Waals surface area contributed by atoms with Crippen LogP contribution in [0.2, 0.25) is 0 Å². The van der Waals surface area contributed by atoms with Gasteiger partial charge in [0, 0.05) is 18.9 Å². The summed E-state index contributed by atoms with van der Waals surface area (Å²) in [6, 6.07) is 0.230. The van der Waals surface area contributed by atoms with Gasteiger partial charge in [0.15, 0.2) is 12.3 Å². The molecule has 0 unspecified atom stereocenters. The number of rotatable bonds is 2. The van der Waals surface area contributed by atoms with Crippen molar-refractivity contribution in [1.29, 1.82) is 0 Å². The van der Waals surface area contributed by atoms with Crippen molar-refractivity contribution in [1.82, 2.24) is 0 Å². The lowest BCUT2D eigenvalue weighted by Crippen LogP contribution is -2.24. The van der Waals surface area contributed by atoms with Crippen molar-refractivity contribution >= 4 is 6.21 Å². The van der Waals surface area contributed by atoms with Crippen LogP contribution in [-0.4, -0.2) is 17.0 Å². The van der Waals surface area contributed by atoms with Gasteiger partial charge in [-0.05, 0) is 44.6 Å². The Bertz CT molecular complexity index is 346. The molecule has 2 heteroatoms. The van der Waals surface area contributed by atoms with E-state index in [-0.39, 0.29) is 6.04 Å². The Morgan fingerprint density at radius 1 is 1.24 bits per heavy atom. The van der Waals surface area contributed by atoms with E-state index in [0.717, 1.165) is 19.3 Å². The summed E-state index contributed by atoms with van der Waals surface area (Å²) in [5, 5.41) is 11.9. The van der Waals surface area contributed by atoms with Crippen molar-refractivity contribution in [3.05, 3.63) is 28.5 Å². The molecule has 0 heterocycles. The first-order chi connectivity index (χ1) is 8.27. The molecule has 1 fully saturated rings. The Labute approximate surface area is 104 Å². The first-order valence-electron chi connectivity index (χ1n) is 6.94. The maximum absolute atomic E-state index is 11.9. The van der Waals surface area contributed by atoms with E-state index in [4.69, 9.17) is 0 Å². The largest absolute Gasteiger partial charge is 0.624 e. The molecule has 0 aliphatic heterocycles. The topological polar surface area (TPSA) is 26.1 Å². The highest BCUT2D eigenvalue weighted by Crippen LogP contribution is 2.23. The third-order valence-electron chi connectivity index (χ3n) is 3.96. The molecule has 2 nitrogen and oxygen atoms in total. The molecule has 2 aliphatic rings. The number of nitrogens with zero attached hydrogens (tertiary/aromatic N) is 1. The lowest BCUT2D eigenvalue weighted by Gasteiger charge is -2.20. The van der Waals surface area contributed by atoms with Crippen LogP contribution in [0.3, 0.4) is 0 Å². The fourth-order valence-electron chi connectivity index (χ4n) is 2.77. The number of hydrogen-bond acceptors (Lipinski definition) is 1. The highest BCUT2D eigenvalue weighted by atomic mass is 16.5. The fourth-order valence-corrected chi connectivity index (χ4v) is 2.77. The van der Waals surface area contributed by atoms with Crippen LogP contribution >= 0.6 is 0 Å². The van der Waals surface area contributed by atoms with Crippen LogP contribution in [-0.2, 0) is 0 Å². The van der Waals surface area contributed by atoms with E-state index in [1.807, 2.05) is 6.08 Å². The third-order valence-corrected chi connectivity index (χ3v) is 3.96. The Morgan fingerprint density at radius 2 is 2.00 bits per heavy atom. The van der Waals surface area contributed by atoms with E-state index in [2.05, 4.69) is 13.0 Å². The van der Waals surface area contributed by atoms with Gasteiger partial charge in [0.1, 0.15) is 0 Å². The minimum Gasteiger partial charge on any atom is -0.624 e. The summed E-state index contributed by atoms with van der Waals surface area (Å²) in [4.78, 5) is 0. The van der Waals surface area contributed by atoms with Gasteiger partial charge in [0.05, 0.1) is 0 Å². The highest BCUT2D eigenvalue weighted by Gasteiger charge is 2.19. The predicted molar refractivity (Wildman–Crippen MR) is 72.3 cm³/mol. The zero-order valence-corrected chi connectivity index (χ0v) is 10.8. The van der Waals surface area contributed by atoms with Crippen molar-refractivity contribution < 1.29 is 4.74 Å². The van der Waals surface area contributed by atoms with Gasteiger partial charge < -0.3 is 5.21 Å². The van der Waals surface area contributed by atoms with Gasteiger partial charge in [-0.3, -0.25) is 0 Å². The van der Waals surface area contributed by atoms with Crippen LogP contribution in [0.15, 0.2) is 23.3 Å². The third kappa shape index (κ3) is 3.45. The van der Waals surface area contributed by atoms with Crippen molar-refractivity contribution in [2.24, 2.45) is 0 Å². The van der Waals surface area contributed by atoms with E-state index >= 15 is 0 Å². The van der Waals surface area contributed by atoms with Crippen LogP contribution in [0.1, 0.15) is 58.3 Å². The zero-order valence-electron chi connectivity index (χ0n) is 10.8. The Hall–Kier alpha value is -1.05. The van der Waals surface area contributed by atoms with Crippen LogP contribution < -0.4 is 0 Å². The van der Waals surface area contributed by atoms with E-state index in [1.54, 1.807) is 6.21 Å². The van der Waals surface area contributed by atoms with E-state index in [1.165, 1.54) is 48.0 Å². The van der Waals surface area contributed by atoms with Gasteiger partial charge in [-0.25, -0.2) is 4.74 Å². The SMILES string of the molecule is CC1=CCCC/C1=C\C=[N+](\[O-])C1CCCCC1. The molecular formula is C15H23NO. The summed E-state index contributed by atoms with van der Waals surface area (Å²) in [7, 11) is 0. The molecule has 1 saturated carbocycles. The monoisotopic (exact) mass is 233 g/mol. The molecule has 0 saturated heterocycles. The molecule has 0 N–H and O–H groups in total. The van der Waals surface area contributed by atoms with Gasteiger partial charge in [0.2, 0.25) is 0 Å². The average Bonchev–Trinajstić information content (AvgIpc) is 2.38. The highest BCUT2D eigenvalue weighted by molar-refractivity contribution is 5.69. The second-order valence-corrected chi connectivity index (χ2v) is 5.27. The summed E-state index contributed by atoms with van der Waals surface area (Å²) in [5.41, 5.74) is 2.69. The van der Waals surface area contributed by atoms with Gasteiger partial charge in [0.25, 0.3) is 0 Å². The van der Waals surface area contributed by atoms with Gasteiger partial charge in [-0.15, -0.1) is 0 Å². The van der Waals surface area contributed by atoms with Crippen molar-refractivity contribution in [2.45, 2.75) is 64.3 Å². The number of hydrogen-bond donors (Lipinski definition) is 0. The molecule has 0 aromatic heterocycles. The first-order valence-corrected chi connectivity index (χ1v) is 6.94. The normalized spacial score (nSPS) is 26.1. The zero-order chi connectivity index (χ0) is 12.1. The summed E-state index contributed by atoms with van der Waals surface area (Å²) in [5.74, 6) is 0. The second-order valence-electron chi connectivity index (χ2n) is 5.27. The standard InChI is InChI=1S/C15H23NO/c1-13-7-5-6-8-14(13)11-12-16(17)15-9-3-2-4-10-15/h7,11-12,15H,2-6,8-10H2,1H3/b14-11+,16-12+. The maximum Gasteiger partial charge on any atom is 0.175 e. The van der Waals surface area contributed by atoms with E-state index in [9.17, 15) is 5.21 Å². The lowest BCUT2D eigenvalue weighted by atomic mass is 9.94. The van der Waals surface area contributed by atoms with Gasteiger partial charge >= 0.3 is 0 Å². The van der Waals surface area contributed by atoms with Gasteiger partial charge in [-0.2, -0.15) is 0 Å². The number of allylic oxidation sites excluding steroid dienone is 4. The minimum absolute atomic E-state index is 0.230. The Balaban J connectivity index is 2.00. The van der Waals surface area contributed by atoms with Crippen LogP contribution in [0, 0.1) is 5.21 Å². The molecule has 94 valence electrons. The lowest BCUT2D eigenvalue weighted by molar-refractivity contribution is -0.500. The predicted octanol–water partition coefficient (Wildman–Crippen LogP) is 3.96. The summed E-state index contributed by atoms with van der Waals surface area (Å²) >= 11 is 0. The molecule has 0 bridgehead atoms. The molecule has 0 radical (unpaired) electrons. The summed E-state index contributed by atoms with van der Waals surface area (Å²) in [6.07, 6.45) is 15.5. The molecule has 17 heavy (non-hydrogen) atoms. The number of hydroxylamine groups is 1. The van der Waals surface area contributed by atoms with E-state index in [0.29, 0.717) is 0 Å². The molecule has 2 rings (SSSR count). The Morgan fingerprint density at radius 3 is 2.71 bits per heavy atom. The quantitative estimate of drug-likeness (QED) is 0.307. The second kappa shape index (κ2) is 6.04. The van der Waals surface area contributed by atoms with Crippen molar-refractivity contribution in [3.63, 3.8) is 0 Å². The van der Waals surface area contributed by atoms with Crippen molar-refractivity contribution in [2.75, 3.05) is 0 Å². The molecule has 0 amide bonds. The first kappa shape index (κ1) is 12.4. The molecule has 0 aromatic carbocycles. The van der Waals surface area contributed by atoms with Crippen LogP contribution in [0.25, 0.3) is 0 Å². The van der Waals surface area contributed by atoms with Crippen LogP contribution in [0.5, 0.6) is 0 Å². The Kier molecular flexibility index (Phi) is 4.41. The summed E-state index contributed by atoms with van der Waals surface area (Å²) in [6.45, 7) is 2.15. The van der Waals surface area contributed by atoms with Crippen molar-refractivity contribution in [3.8, 4) is 0 Å². The molecule has 0 aromatic rings. The minimum atomic E-state index is 0.230. The molecule has 0 spiro atoms. The smallest absolute Gasteiger partial charge is 0.175 e. The summed E-state index contributed by atoms with van der Waals surface area (Å²) < 4.78 is 1.19. The molecular weight excluding hydrogens is 210 g/mol. The fraction of sp³-hybridized carbons (Fsp3) is 0.667. The van der Waals surface area contributed by atoms with Gasteiger partial charge in [-0.1, -0.05) is 18.1 Å².